The molecule has 0 saturated carbocycles. The van der Waals surface area contributed by atoms with E-state index in [0.717, 1.165) is 24.3 Å². The van der Waals surface area contributed by atoms with Crippen LogP contribution in [0.15, 0.2) is 35.2 Å². The molecule has 0 aliphatic carbocycles. The van der Waals surface area contributed by atoms with E-state index in [1.165, 1.54) is 11.3 Å². The normalized spacial score (nSPS) is 22.4. The van der Waals surface area contributed by atoms with Crippen molar-refractivity contribution in [3.63, 3.8) is 0 Å². The zero-order valence-electron chi connectivity index (χ0n) is 15.5. The average Bonchev–Trinajstić information content (AvgIpc) is 3.39. The highest BCUT2D eigenvalue weighted by Gasteiger charge is 2.28. The van der Waals surface area contributed by atoms with Crippen molar-refractivity contribution in [2.75, 3.05) is 24.7 Å². The Morgan fingerprint density at radius 3 is 2.93 bits per heavy atom. The number of nitrogens with zero attached hydrogens (tertiary/aromatic N) is 2. The molecule has 7 nitrogen and oxygen atoms in total. The highest BCUT2D eigenvalue weighted by Crippen LogP contribution is 2.22. The molecule has 1 aromatic carbocycles. The summed E-state index contributed by atoms with van der Waals surface area (Å²) in [6, 6.07) is 7.08. The molecular formula is C20H23N3O4S. The maximum absolute atomic E-state index is 12.7. The van der Waals surface area contributed by atoms with Gasteiger partial charge in [0.05, 0.1) is 30.5 Å². The number of aromatic nitrogens is 1. The lowest BCUT2D eigenvalue weighted by molar-refractivity contribution is -0.117. The lowest BCUT2D eigenvalue weighted by Gasteiger charge is -2.32. The van der Waals surface area contributed by atoms with Crippen molar-refractivity contribution in [1.29, 1.82) is 0 Å². The Morgan fingerprint density at radius 1 is 1.36 bits per heavy atom. The summed E-state index contributed by atoms with van der Waals surface area (Å²) in [5, 5.41) is 5.02. The fourth-order valence-electron chi connectivity index (χ4n) is 3.51. The first-order chi connectivity index (χ1) is 13.7. The van der Waals surface area contributed by atoms with Gasteiger partial charge in [0.2, 0.25) is 5.91 Å². The van der Waals surface area contributed by atoms with E-state index < -0.39 is 0 Å². The summed E-state index contributed by atoms with van der Waals surface area (Å²) >= 11 is 1.53. The number of benzene rings is 1. The van der Waals surface area contributed by atoms with E-state index in [9.17, 15) is 9.59 Å². The monoisotopic (exact) mass is 401 g/mol. The molecule has 3 heterocycles. The Morgan fingerprint density at radius 2 is 2.21 bits per heavy atom. The third-order valence-electron chi connectivity index (χ3n) is 5.06. The molecular weight excluding hydrogens is 378 g/mol. The number of thiazole rings is 1. The lowest BCUT2D eigenvalue weighted by Crippen LogP contribution is -2.49. The quantitative estimate of drug-likeness (QED) is 0.804. The molecule has 0 unspecified atom stereocenters. The highest BCUT2D eigenvalue weighted by atomic mass is 32.1. The number of carbonyl (C=O) groups is 2. The van der Waals surface area contributed by atoms with Crippen molar-refractivity contribution in [3.05, 3.63) is 46.4 Å². The van der Waals surface area contributed by atoms with Crippen LogP contribution in [0.3, 0.4) is 0 Å². The van der Waals surface area contributed by atoms with Crippen molar-refractivity contribution in [2.45, 2.75) is 38.0 Å². The molecule has 1 N–H and O–H groups in total. The molecule has 2 aromatic rings. The molecule has 2 saturated heterocycles. The summed E-state index contributed by atoms with van der Waals surface area (Å²) in [5.74, 6) is -0.00651. The topological polar surface area (TPSA) is 80.8 Å². The third kappa shape index (κ3) is 4.40. The van der Waals surface area contributed by atoms with Crippen molar-refractivity contribution in [3.8, 4) is 0 Å². The van der Waals surface area contributed by atoms with Crippen LogP contribution in [0, 0.1) is 0 Å². The van der Waals surface area contributed by atoms with Crippen molar-refractivity contribution < 1.29 is 19.1 Å². The molecule has 0 bridgehead atoms. The van der Waals surface area contributed by atoms with Gasteiger partial charge in [-0.1, -0.05) is 0 Å². The van der Waals surface area contributed by atoms with Gasteiger partial charge < -0.3 is 19.7 Å². The van der Waals surface area contributed by atoms with Gasteiger partial charge in [0, 0.05) is 36.2 Å². The Labute approximate surface area is 167 Å². The van der Waals surface area contributed by atoms with E-state index in [-0.39, 0.29) is 24.0 Å². The van der Waals surface area contributed by atoms with Gasteiger partial charge in [-0.05, 0) is 37.1 Å². The summed E-state index contributed by atoms with van der Waals surface area (Å²) in [4.78, 5) is 30.5. The zero-order valence-corrected chi connectivity index (χ0v) is 16.3. The average molecular weight is 401 g/mol. The summed E-state index contributed by atoms with van der Waals surface area (Å²) in [7, 11) is 0. The minimum absolute atomic E-state index is 0.111. The van der Waals surface area contributed by atoms with E-state index in [4.69, 9.17) is 9.47 Å². The van der Waals surface area contributed by atoms with E-state index in [0.29, 0.717) is 38.2 Å². The maximum Gasteiger partial charge on any atom is 0.251 e. The van der Waals surface area contributed by atoms with Crippen molar-refractivity contribution >= 4 is 28.8 Å². The molecule has 2 aliphatic heterocycles. The number of rotatable bonds is 6. The van der Waals surface area contributed by atoms with Gasteiger partial charge in [0.1, 0.15) is 6.10 Å². The summed E-state index contributed by atoms with van der Waals surface area (Å²) < 4.78 is 11.5. The first-order valence-electron chi connectivity index (χ1n) is 9.48. The highest BCUT2D eigenvalue weighted by molar-refractivity contribution is 7.07. The van der Waals surface area contributed by atoms with Gasteiger partial charge in [0.15, 0.2) is 0 Å². The molecule has 2 amide bonds. The summed E-state index contributed by atoms with van der Waals surface area (Å²) in [6.45, 7) is 2.19. The Kier molecular flexibility index (Phi) is 5.99. The van der Waals surface area contributed by atoms with Gasteiger partial charge >= 0.3 is 0 Å². The molecule has 2 fully saturated rings. The molecule has 1 aromatic heterocycles. The molecule has 2 aliphatic rings. The molecule has 2 atom stereocenters. The second-order valence-corrected chi connectivity index (χ2v) is 7.69. The largest absolute Gasteiger partial charge is 0.379 e. The Balaban J connectivity index is 1.36. The molecule has 0 radical (unpaired) electrons. The number of hydrogen-bond acceptors (Lipinski definition) is 6. The van der Waals surface area contributed by atoms with Crippen molar-refractivity contribution in [1.82, 2.24) is 10.3 Å². The minimum Gasteiger partial charge on any atom is -0.379 e. The first kappa shape index (κ1) is 19.0. The van der Waals surface area contributed by atoms with Crippen LogP contribution in [0.1, 0.15) is 35.3 Å². The predicted molar refractivity (Wildman–Crippen MR) is 105 cm³/mol. The van der Waals surface area contributed by atoms with Crippen LogP contribution in [0.4, 0.5) is 5.69 Å². The van der Waals surface area contributed by atoms with E-state index >= 15 is 0 Å². The van der Waals surface area contributed by atoms with Crippen LogP contribution in [0.25, 0.3) is 0 Å². The number of carbonyl (C=O) groups excluding carboxylic acids is 2. The van der Waals surface area contributed by atoms with Crippen LogP contribution in [0.2, 0.25) is 0 Å². The fourth-order valence-corrected chi connectivity index (χ4v) is 4.05. The number of amides is 2. The maximum atomic E-state index is 12.7. The standard InChI is InChI=1S/C20H23N3O4S/c24-19-2-1-8-23(19)16-5-3-14(4-6-16)20(25)22-17-7-9-26-11-18(17)27-10-15-12-28-13-21-15/h3-6,12-13,17-18H,1-2,7-11H2,(H,22,25)/t17-,18-/m1/s1. The first-order valence-corrected chi connectivity index (χ1v) is 10.4. The van der Waals surface area contributed by atoms with Crippen LogP contribution in [-0.2, 0) is 20.9 Å². The molecule has 4 rings (SSSR count). The third-order valence-corrected chi connectivity index (χ3v) is 5.70. The number of anilines is 1. The van der Waals surface area contributed by atoms with Gasteiger partial charge in [-0.2, -0.15) is 0 Å². The van der Waals surface area contributed by atoms with E-state index in [1.807, 2.05) is 17.5 Å². The second kappa shape index (κ2) is 8.81. The van der Waals surface area contributed by atoms with Crippen LogP contribution in [0.5, 0.6) is 0 Å². The van der Waals surface area contributed by atoms with Crippen LogP contribution >= 0.6 is 11.3 Å². The SMILES string of the molecule is O=C(N[C@@H]1CCOC[C@H]1OCc1cscn1)c1ccc(N2CCCC2=O)cc1. The number of nitrogens with one attached hydrogen (secondary N) is 1. The smallest absolute Gasteiger partial charge is 0.251 e. The Hall–Kier alpha value is -2.29. The molecule has 148 valence electrons. The van der Waals surface area contributed by atoms with Crippen molar-refractivity contribution in [2.24, 2.45) is 0 Å². The Bertz CT molecular complexity index is 809. The van der Waals surface area contributed by atoms with Gasteiger partial charge in [-0.3, -0.25) is 9.59 Å². The van der Waals surface area contributed by atoms with Gasteiger partial charge in [-0.25, -0.2) is 4.98 Å². The van der Waals surface area contributed by atoms with Gasteiger partial charge in [-0.15, -0.1) is 11.3 Å². The molecule has 0 spiro atoms. The van der Waals surface area contributed by atoms with E-state index in [1.54, 1.807) is 22.5 Å². The predicted octanol–water partition coefficient (Wildman–Crippen LogP) is 2.37. The minimum atomic E-state index is -0.208. The summed E-state index contributed by atoms with van der Waals surface area (Å²) in [6.07, 6.45) is 1.97. The summed E-state index contributed by atoms with van der Waals surface area (Å²) in [5.41, 5.74) is 4.07. The molecule has 28 heavy (non-hydrogen) atoms. The molecule has 8 heteroatoms. The van der Waals surface area contributed by atoms with E-state index in [2.05, 4.69) is 10.3 Å². The lowest BCUT2D eigenvalue weighted by atomic mass is 10.0. The fraction of sp³-hybridized carbons (Fsp3) is 0.450. The zero-order chi connectivity index (χ0) is 19.3. The van der Waals surface area contributed by atoms with Crippen LogP contribution < -0.4 is 10.2 Å². The second-order valence-electron chi connectivity index (χ2n) is 6.97. The number of ether oxygens (including phenoxy) is 2. The number of hydrogen-bond donors (Lipinski definition) is 1. The van der Waals surface area contributed by atoms with Gasteiger partial charge in [0.25, 0.3) is 5.91 Å². The van der Waals surface area contributed by atoms with Crippen LogP contribution in [-0.4, -0.2) is 48.7 Å².